The third kappa shape index (κ3) is 4.93. The summed E-state index contributed by atoms with van der Waals surface area (Å²) >= 11 is 1.53. The number of carbonyl (C=O) groups is 1. The molecule has 0 saturated heterocycles. The minimum absolute atomic E-state index is 0.0928. The number of benzene rings is 1. The van der Waals surface area contributed by atoms with E-state index in [1.165, 1.54) is 11.3 Å². The maximum atomic E-state index is 11.9. The number of rotatable bonds is 7. The largest absolute Gasteiger partial charge is 0.395 e. The number of hydrogen-bond donors (Lipinski definition) is 2. The zero-order valence-corrected chi connectivity index (χ0v) is 12.8. The summed E-state index contributed by atoms with van der Waals surface area (Å²) in [4.78, 5) is 18.4. The van der Waals surface area contributed by atoms with Gasteiger partial charge in [-0.15, -0.1) is 11.3 Å². The second-order valence-electron chi connectivity index (χ2n) is 4.74. The Kier molecular flexibility index (Phi) is 5.86. The van der Waals surface area contributed by atoms with Gasteiger partial charge in [-0.3, -0.25) is 9.69 Å². The normalized spacial score (nSPS) is 10.8. The number of likely N-dealkylation sites (N-methyl/N-ethyl adjacent to an activating group) is 1. The smallest absolute Gasteiger partial charge is 0.251 e. The maximum absolute atomic E-state index is 11.9. The average Bonchev–Trinajstić information content (AvgIpc) is 2.93. The molecule has 2 rings (SSSR count). The molecule has 112 valence electrons. The second-order valence-corrected chi connectivity index (χ2v) is 5.69. The van der Waals surface area contributed by atoms with Gasteiger partial charge in [-0.2, -0.15) is 0 Å². The van der Waals surface area contributed by atoms with E-state index in [0.717, 1.165) is 10.7 Å². The van der Waals surface area contributed by atoms with Crippen molar-refractivity contribution < 1.29 is 9.90 Å². The number of amides is 1. The van der Waals surface area contributed by atoms with E-state index < -0.39 is 0 Å². The lowest BCUT2D eigenvalue weighted by molar-refractivity contribution is 0.0951. The lowest BCUT2D eigenvalue weighted by Crippen LogP contribution is -2.23. The van der Waals surface area contributed by atoms with Gasteiger partial charge in [-0.25, -0.2) is 4.98 Å². The van der Waals surface area contributed by atoms with E-state index in [9.17, 15) is 4.79 Å². The lowest BCUT2D eigenvalue weighted by atomic mass is 10.2. The Balaban J connectivity index is 1.84. The van der Waals surface area contributed by atoms with E-state index in [1.807, 2.05) is 35.5 Å². The highest BCUT2D eigenvalue weighted by Gasteiger charge is 2.08. The van der Waals surface area contributed by atoms with Gasteiger partial charge in [0.2, 0.25) is 0 Å². The molecule has 2 N–H and O–H groups in total. The van der Waals surface area contributed by atoms with Crippen LogP contribution < -0.4 is 5.32 Å². The molecule has 0 spiro atoms. The van der Waals surface area contributed by atoms with Crippen molar-refractivity contribution in [2.24, 2.45) is 0 Å². The standard InChI is InChI=1S/C15H19N3O2S/c1-18(7-8-19)10-13-11-21-14(17-13)9-16-15(20)12-5-3-2-4-6-12/h2-6,11,19H,7-10H2,1H3,(H,16,20). The van der Waals surface area contributed by atoms with Crippen LogP contribution in [-0.2, 0) is 13.1 Å². The molecule has 1 aromatic carbocycles. The predicted octanol–water partition coefficient (Wildman–Crippen LogP) is 1.50. The summed E-state index contributed by atoms with van der Waals surface area (Å²) in [7, 11) is 1.94. The van der Waals surface area contributed by atoms with Crippen molar-refractivity contribution in [3.8, 4) is 0 Å². The van der Waals surface area contributed by atoms with Crippen molar-refractivity contribution >= 4 is 17.2 Å². The Labute approximate surface area is 128 Å². The SMILES string of the molecule is CN(CCO)Cc1csc(CNC(=O)c2ccccc2)n1. The van der Waals surface area contributed by atoms with Gasteiger partial charge in [-0.1, -0.05) is 18.2 Å². The van der Waals surface area contributed by atoms with Gasteiger partial charge in [-0.05, 0) is 19.2 Å². The Hall–Kier alpha value is -1.76. The van der Waals surface area contributed by atoms with Gasteiger partial charge >= 0.3 is 0 Å². The summed E-state index contributed by atoms with van der Waals surface area (Å²) in [6, 6.07) is 9.13. The van der Waals surface area contributed by atoms with Crippen LogP contribution in [-0.4, -0.2) is 41.1 Å². The molecule has 0 atom stereocenters. The Morgan fingerprint density at radius 3 is 2.86 bits per heavy atom. The van der Waals surface area contributed by atoms with Crippen LogP contribution in [0.3, 0.4) is 0 Å². The summed E-state index contributed by atoms with van der Waals surface area (Å²) in [5.74, 6) is -0.0928. The summed E-state index contributed by atoms with van der Waals surface area (Å²) < 4.78 is 0. The van der Waals surface area contributed by atoms with Crippen LogP contribution in [0.25, 0.3) is 0 Å². The van der Waals surface area contributed by atoms with Crippen molar-refractivity contribution in [2.45, 2.75) is 13.1 Å². The molecule has 0 radical (unpaired) electrons. The maximum Gasteiger partial charge on any atom is 0.251 e. The molecule has 6 heteroatoms. The molecule has 0 aliphatic carbocycles. The van der Waals surface area contributed by atoms with E-state index >= 15 is 0 Å². The molecule has 21 heavy (non-hydrogen) atoms. The summed E-state index contributed by atoms with van der Waals surface area (Å²) in [6.45, 7) is 1.89. The van der Waals surface area contributed by atoms with Crippen LogP contribution in [0.5, 0.6) is 0 Å². The van der Waals surface area contributed by atoms with E-state index in [-0.39, 0.29) is 12.5 Å². The first kappa shape index (κ1) is 15.6. The number of aliphatic hydroxyl groups excluding tert-OH is 1. The van der Waals surface area contributed by atoms with Gasteiger partial charge in [0.15, 0.2) is 0 Å². The highest BCUT2D eigenvalue weighted by molar-refractivity contribution is 7.09. The molecule has 1 heterocycles. The number of carbonyl (C=O) groups excluding carboxylic acids is 1. The molecule has 5 nitrogen and oxygen atoms in total. The number of nitrogens with zero attached hydrogens (tertiary/aromatic N) is 2. The third-order valence-electron chi connectivity index (χ3n) is 2.95. The fourth-order valence-corrected chi connectivity index (χ4v) is 2.60. The monoisotopic (exact) mass is 305 g/mol. The molecule has 2 aromatic rings. The first-order chi connectivity index (χ1) is 10.2. The quantitative estimate of drug-likeness (QED) is 0.813. The molecule has 1 aromatic heterocycles. The Morgan fingerprint density at radius 2 is 2.14 bits per heavy atom. The predicted molar refractivity (Wildman–Crippen MR) is 83.1 cm³/mol. The van der Waals surface area contributed by atoms with E-state index in [1.54, 1.807) is 12.1 Å². The fraction of sp³-hybridized carbons (Fsp3) is 0.333. The molecular weight excluding hydrogens is 286 g/mol. The Morgan fingerprint density at radius 1 is 1.38 bits per heavy atom. The number of nitrogens with one attached hydrogen (secondary N) is 1. The van der Waals surface area contributed by atoms with Gasteiger partial charge in [0.25, 0.3) is 5.91 Å². The minimum atomic E-state index is -0.0928. The van der Waals surface area contributed by atoms with Crippen LogP contribution in [0.2, 0.25) is 0 Å². The number of hydrogen-bond acceptors (Lipinski definition) is 5. The van der Waals surface area contributed by atoms with E-state index in [2.05, 4.69) is 10.3 Å². The van der Waals surface area contributed by atoms with Crippen LogP contribution in [0.15, 0.2) is 35.7 Å². The Bertz CT molecular complexity index is 571. The van der Waals surface area contributed by atoms with Crippen LogP contribution in [0, 0.1) is 0 Å². The van der Waals surface area contributed by atoms with Crippen molar-refractivity contribution in [3.05, 3.63) is 52.0 Å². The first-order valence-electron chi connectivity index (χ1n) is 6.75. The van der Waals surface area contributed by atoms with Crippen molar-refractivity contribution in [1.82, 2.24) is 15.2 Å². The number of aliphatic hydroxyl groups is 1. The van der Waals surface area contributed by atoms with Crippen molar-refractivity contribution in [3.63, 3.8) is 0 Å². The lowest BCUT2D eigenvalue weighted by Gasteiger charge is -2.12. The van der Waals surface area contributed by atoms with Gasteiger partial charge < -0.3 is 10.4 Å². The number of thiazole rings is 1. The molecule has 0 saturated carbocycles. The van der Waals surface area contributed by atoms with Crippen LogP contribution in [0.4, 0.5) is 0 Å². The molecule has 0 unspecified atom stereocenters. The zero-order chi connectivity index (χ0) is 15.1. The van der Waals surface area contributed by atoms with Gasteiger partial charge in [0.05, 0.1) is 18.8 Å². The van der Waals surface area contributed by atoms with Crippen molar-refractivity contribution in [1.29, 1.82) is 0 Å². The molecule has 1 amide bonds. The second kappa shape index (κ2) is 7.87. The van der Waals surface area contributed by atoms with E-state index in [0.29, 0.717) is 25.2 Å². The minimum Gasteiger partial charge on any atom is -0.395 e. The summed E-state index contributed by atoms with van der Waals surface area (Å²) in [6.07, 6.45) is 0. The topological polar surface area (TPSA) is 65.5 Å². The first-order valence-corrected chi connectivity index (χ1v) is 7.63. The van der Waals surface area contributed by atoms with E-state index in [4.69, 9.17) is 5.11 Å². The molecule has 0 fully saturated rings. The highest BCUT2D eigenvalue weighted by Crippen LogP contribution is 2.11. The zero-order valence-electron chi connectivity index (χ0n) is 12.0. The summed E-state index contributed by atoms with van der Waals surface area (Å²) in [5.41, 5.74) is 1.61. The molecular formula is C15H19N3O2S. The highest BCUT2D eigenvalue weighted by atomic mass is 32.1. The third-order valence-corrected chi connectivity index (χ3v) is 3.85. The average molecular weight is 305 g/mol. The van der Waals surface area contributed by atoms with Crippen LogP contribution >= 0.6 is 11.3 Å². The summed E-state index contributed by atoms with van der Waals surface area (Å²) in [5, 5.41) is 14.6. The van der Waals surface area contributed by atoms with Gasteiger partial charge in [0, 0.05) is 24.0 Å². The van der Waals surface area contributed by atoms with Gasteiger partial charge in [0.1, 0.15) is 5.01 Å². The fourth-order valence-electron chi connectivity index (χ4n) is 1.88. The number of aromatic nitrogens is 1. The molecule has 0 aliphatic heterocycles. The van der Waals surface area contributed by atoms with Crippen LogP contribution in [0.1, 0.15) is 21.1 Å². The molecule has 0 bridgehead atoms. The van der Waals surface area contributed by atoms with Crippen molar-refractivity contribution in [2.75, 3.05) is 20.2 Å². The molecule has 0 aliphatic rings.